The molecule has 0 fully saturated rings. The smallest absolute Gasteiger partial charge is 0.248 e. The average molecular weight is 299 g/mol. The second kappa shape index (κ2) is 5.59. The van der Waals surface area contributed by atoms with Gasteiger partial charge in [0.1, 0.15) is 11.8 Å². The first kappa shape index (κ1) is 14.2. The van der Waals surface area contributed by atoms with Crippen LogP contribution in [0.3, 0.4) is 0 Å². The van der Waals surface area contributed by atoms with Crippen molar-refractivity contribution in [1.29, 1.82) is 0 Å². The molecule has 1 unspecified atom stereocenters. The van der Waals surface area contributed by atoms with E-state index in [-0.39, 0.29) is 11.8 Å². The maximum absolute atomic E-state index is 12.1. The molecule has 3 rings (SSSR count). The zero-order valence-corrected chi connectivity index (χ0v) is 12.7. The van der Waals surface area contributed by atoms with Gasteiger partial charge in [0.2, 0.25) is 5.95 Å². The number of carbonyl (C=O) groups is 1. The van der Waals surface area contributed by atoms with E-state index in [2.05, 4.69) is 20.8 Å². The molecule has 114 valence electrons. The Labute approximate surface area is 128 Å². The number of anilines is 1. The Balaban J connectivity index is 2.08. The van der Waals surface area contributed by atoms with Gasteiger partial charge < -0.3 is 10.1 Å². The number of rotatable bonds is 4. The normalized spacial score (nSPS) is 17.0. The predicted octanol–water partition coefficient (Wildman–Crippen LogP) is 1.95. The number of nitrogens with one attached hydrogen (secondary N) is 1. The highest BCUT2D eigenvalue weighted by Crippen LogP contribution is 2.35. The number of tetrazole rings is 1. The highest BCUT2D eigenvalue weighted by Gasteiger charge is 2.32. The molecule has 0 amide bonds. The van der Waals surface area contributed by atoms with E-state index in [1.165, 1.54) is 0 Å². The number of hydrogen-bond acceptors (Lipinski definition) is 6. The van der Waals surface area contributed by atoms with Crippen LogP contribution in [0.2, 0.25) is 0 Å². The van der Waals surface area contributed by atoms with Crippen molar-refractivity contribution in [3.05, 3.63) is 41.1 Å². The number of hydrogen-bond donors (Lipinski definition) is 1. The Bertz CT molecular complexity index is 733. The number of nitrogens with zero attached hydrogens (tertiary/aromatic N) is 4. The van der Waals surface area contributed by atoms with E-state index in [1.807, 2.05) is 38.1 Å². The number of allylic oxidation sites excluding steroid dienone is 2. The summed E-state index contributed by atoms with van der Waals surface area (Å²) >= 11 is 0. The van der Waals surface area contributed by atoms with Crippen molar-refractivity contribution in [2.45, 2.75) is 26.8 Å². The lowest BCUT2D eigenvalue weighted by atomic mass is 9.93. The largest absolute Gasteiger partial charge is 0.494 e. The SMILES string of the molecule is CCOc1ccc(C2C(C(C)=O)=C(C)Nc3nnnn32)cc1. The van der Waals surface area contributed by atoms with E-state index in [0.29, 0.717) is 18.1 Å². The summed E-state index contributed by atoms with van der Waals surface area (Å²) in [6.45, 7) is 5.96. The lowest BCUT2D eigenvalue weighted by Crippen LogP contribution is -2.27. The highest BCUT2D eigenvalue weighted by molar-refractivity contribution is 5.96. The monoisotopic (exact) mass is 299 g/mol. The third-order valence-electron chi connectivity index (χ3n) is 3.60. The molecule has 7 nitrogen and oxygen atoms in total. The molecule has 0 bridgehead atoms. The molecule has 22 heavy (non-hydrogen) atoms. The first-order valence-corrected chi connectivity index (χ1v) is 7.11. The molecule has 0 saturated heterocycles. The molecule has 1 aliphatic heterocycles. The van der Waals surface area contributed by atoms with Crippen LogP contribution in [-0.2, 0) is 4.79 Å². The lowest BCUT2D eigenvalue weighted by Gasteiger charge is -2.27. The molecule has 0 aliphatic carbocycles. The summed E-state index contributed by atoms with van der Waals surface area (Å²) < 4.78 is 7.08. The van der Waals surface area contributed by atoms with Crippen molar-refractivity contribution in [3.8, 4) is 5.75 Å². The van der Waals surface area contributed by atoms with Crippen LogP contribution < -0.4 is 10.1 Å². The number of ether oxygens (including phenoxy) is 1. The summed E-state index contributed by atoms with van der Waals surface area (Å²) in [4.78, 5) is 12.1. The molecule has 1 aromatic carbocycles. The van der Waals surface area contributed by atoms with Gasteiger partial charge in [-0.25, -0.2) is 0 Å². The zero-order chi connectivity index (χ0) is 15.7. The second-order valence-electron chi connectivity index (χ2n) is 5.07. The molecule has 1 atom stereocenters. The minimum Gasteiger partial charge on any atom is -0.494 e. The van der Waals surface area contributed by atoms with Gasteiger partial charge >= 0.3 is 0 Å². The van der Waals surface area contributed by atoms with Crippen LogP contribution in [0, 0.1) is 0 Å². The van der Waals surface area contributed by atoms with Crippen molar-refractivity contribution >= 4 is 11.7 Å². The highest BCUT2D eigenvalue weighted by atomic mass is 16.5. The van der Waals surface area contributed by atoms with Gasteiger partial charge in [-0.3, -0.25) is 4.79 Å². The predicted molar refractivity (Wildman–Crippen MR) is 80.6 cm³/mol. The van der Waals surface area contributed by atoms with Gasteiger partial charge in [-0.1, -0.05) is 17.2 Å². The Hall–Kier alpha value is -2.70. The van der Waals surface area contributed by atoms with Crippen LogP contribution in [0.1, 0.15) is 32.4 Å². The second-order valence-corrected chi connectivity index (χ2v) is 5.07. The summed E-state index contributed by atoms with van der Waals surface area (Å²) in [5.41, 5.74) is 2.36. The third-order valence-corrected chi connectivity index (χ3v) is 3.60. The van der Waals surface area contributed by atoms with E-state index in [0.717, 1.165) is 17.0 Å². The van der Waals surface area contributed by atoms with Gasteiger partial charge in [0, 0.05) is 11.3 Å². The van der Waals surface area contributed by atoms with Gasteiger partial charge in [-0.15, -0.1) is 0 Å². The van der Waals surface area contributed by atoms with Crippen LogP contribution in [0.15, 0.2) is 35.5 Å². The van der Waals surface area contributed by atoms with E-state index >= 15 is 0 Å². The zero-order valence-electron chi connectivity index (χ0n) is 12.7. The quantitative estimate of drug-likeness (QED) is 0.929. The van der Waals surface area contributed by atoms with Crippen molar-refractivity contribution in [2.24, 2.45) is 0 Å². The van der Waals surface area contributed by atoms with Crippen molar-refractivity contribution in [2.75, 3.05) is 11.9 Å². The minimum absolute atomic E-state index is 0.00923. The summed E-state index contributed by atoms with van der Waals surface area (Å²) in [6.07, 6.45) is 0. The molecule has 0 saturated carbocycles. The van der Waals surface area contributed by atoms with E-state index in [9.17, 15) is 4.79 Å². The molecule has 1 N–H and O–H groups in total. The Morgan fingerprint density at radius 1 is 1.36 bits per heavy atom. The van der Waals surface area contributed by atoms with E-state index in [1.54, 1.807) is 11.6 Å². The van der Waals surface area contributed by atoms with E-state index < -0.39 is 0 Å². The van der Waals surface area contributed by atoms with Crippen molar-refractivity contribution in [1.82, 2.24) is 20.2 Å². The molecule has 2 heterocycles. The van der Waals surface area contributed by atoms with Gasteiger partial charge in [-0.05, 0) is 48.9 Å². The molecule has 2 aromatic rings. The summed E-state index contributed by atoms with van der Waals surface area (Å²) in [5, 5.41) is 14.7. The first-order valence-electron chi connectivity index (χ1n) is 7.11. The fourth-order valence-corrected chi connectivity index (χ4v) is 2.69. The first-order chi connectivity index (χ1) is 10.6. The lowest BCUT2D eigenvalue weighted by molar-refractivity contribution is -0.114. The van der Waals surface area contributed by atoms with Gasteiger partial charge in [-0.2, -0.15) is 4.68 Å². The standard InChI is InChI=1S/C15H17N5O2/c1-4-22-12-7-5-11(6-8-12)14-13(10(3)21)9(2)16-15-17-18-19-20(14)15/h5-8,14H,4H2,1-3H3,(H,16,17,19). The van der Waals surface area contributed by atoms with Crippen LogP contribution in [-0.4, -0.2) is 32.6 Å². The molecule has 0 spiro atoms. The fourth-order valence-electron chi connectivity index (χ4n) is 2.69. The number of carbonyl (C=O) groups excluding carboxylic acids is 1. The molecule has 0 radical (unpaired) electrons. The molecular weight excluding hydrogens is 282 g/mol. The fraction of sp³-hybridized carbons (Fsp3) is 0.333. The Morgan fingerprint density at radius 2 is 2.09 bits per heavy atom. The Kier molecular flexibility index (Phi) is 3.62. The van der Waals surface area contributed by atoms with Crippen LogP contribution in [0.25, 0.3) is 0 Å². The number of Topliss-reactive ketones (excluding diaryl/α,β-unsaturated/α-hetero) is 1. The maximum Gasteiger partial charge on any atom is 0.248 e. The molecule has 7 heteroatoms. The van der Waals surface area contributed by atoms with Gasteiger partial charge in [0.25, 0.3) is 0 Å². The topological polar surface area (TPSA) is 81.9 Å². The van der Waals surface area contributed by atoms with Crippen LogP contribution in [0.5, 0.6) is 5.75 Å². The number of benzene rings is 1. The molecule has 1 aliphatic rings. The van der Waals surface area contributed by atoms with Crippen LogP contribution in [0.4, 0.5) is 5.95 Å². The number of fused-ring (bicyclic) bond motifs is 1. The van der Waals surface area contributed by atoms with Gasteiger partial charge in [0.15, 0.2) is 5.78 Å². The molecular formula is C15H17N5O2. The van der Waals surface area contributed by atoms with Crippen molar-refractivity contribution < 1.29 is 9.53 Å². The number of ketones is 1. The maximum atomic E-state index is 12.1. The summed E-state index contributed by atoms with van der Waals surface area (Å²) in [7, 11) is 0. The minimum atomic E-state index is -0.334. The summed E-state index contributed by atoms with van der Waals surface area (Å²) in [6, 6.07) is 7.31. The third kappa shape index (κ3) is 2.34. The van der Waals surface area contributed by atoms with Crippen LogP contribution >= 0.6 is 0 Å². The number of aromatic nitrogens is 4. The van der Waals surface area contributed by atoms with Crippen molar-refractivity contribution in [3.63, 3.8) is 0 Å². The summed E-state index contributed by atoms with van der Waals surface area (Å²) in [5.74, 6) is 1.31. The van der Waals surface area contributed by atoms with E-state index in [4.69, 9.17) is 4.74 Å². The molecule has 1 aromatic heterocycles. The average Bonchev–Trinajstić information content (AvgIpc) is 2.94. The van der Waals surface area contributed by atoms with Gasteiger partial charge in [0.05, 0.1) is 6.61 Å². The Morgan fingerprint density at radius 3 is 2.73 bits per heavy atom.